The van der Waals surface area contributed by atoms with Gasteiger partial charge in [-0.25, -0.2) is 23.0 Å². The van der Waals surface area contributed by atoms with Gasteiger partial charge in [0.2, 0.25) is 0 Å². The van der Waals surface area contributed by atoms with E-state index in [1.54, 1.807) is 12.1 Å². The van der Waals surface area contributed by atoms with Crippen molar-refractivity contribution in [3.8, 4) is 5.75 Å². The van der Waals surface area contributed by atoms with Crippen LogP contribution in [0, 0.1) is 12.7 Å². The van der Waals surface area contributed by atoms with Gasteiger partial charge >= 0.3 is 6.09 Å². The molecule has 2 aromatic rings. The standard InChI is InChI=1S/C19H22ClFN4O4S/c1-13-2-5-15(6-3-13)30(27,28)24-23-12-14-4-7-16(20)18(17(14)21)29-19(26)25-10-8-22-9-11-25/h2-7,22-24H,8-12H2,1H3. The number of benzene rings is 2. The molecule has 1 aliphatic rings. The number of carbonyl (C=O) groups excluding carboxylic acids is 1. The lowest BCUT2D eigenvalue weighted by Gasteiger charge is -2.26. The highest BCUT2D eigenvalue weighted by atomic mass is 35.5. The largest absolute Gasteiger partial charge is 0.415 e. The minimum Gasteiger partial charge on any atom is -0.405 e. The van der Waals surface area contributed by atoms with Crippen LogP contribution in [0.1, 0.15) is 11.1 Å². The number of hydrogen-bond donors (Lipinski definition) is 3. The summed E-state index contributed by atoms with van der Waals surface area (Å²) in [6.07, 6.45) is -0.692. The molecule has 11 heteroatoms. The van der Waals surface area contributed by atoms with E-state index in [2.05, 4.69) is 15.6 Å². The van der Waals surface area contributed by atoms with E-state index < -0.39 is 21.9 Å². The minimum atomic E-state index is -3.82. The zero-order valence-corrected chi connectivity index (χ0v) is 17.8. The zero-order chi connectivity index (χ0) is 21.7. The van der Waals surface area contributed by atoms with Gasteiger partial charge in [-0.05, 0) is 25.1 Å². The normalized spacial score (nSPS) is 14.6. The number of ether oxygens (including phenoxy) is 1. The van der Waals surface area contributed by atoms with Crippen LogP contribution in [0.2, 0.25) is 5.02 Å². The smallest absolute Gasteiger partial charge is 0.405 e. The Morgan fingerprint density at radius 2 is 1.87 bits per heavy atom. The summed E-state index contributed by atoms with van der Waals surface area (Å²) in [5, 5.41) is 3.05. The van der Waals surface area contributed by atoms with Crippen molar-refractivity contribution in [3.05, 3.63) is 58.4 Å². The van der Waals surface area contributed by atoms with Gasteiger partial charge in [-0.3, -0.25) is 0 Å². The van der Waals surface area contributed by atoms with Crippen molar-refractivity contribution in [1.29, 1.82) is 0 Å². The lowest BCUT2D eigenvalue weighted by Crippen LogP contribution is -2.47. The first kappa shape index (κ1) is 22.4. The van der Waals surface area contributed by atoms with Crippen LogP contribution in [0.4, 0.5) is 9.18 Å². The summed E-state index contributed by atoms with van der Waals surface area (Å²) >= 11 is 6.00. The van der Waals surface area contributed by atoms with Gasteiger partial charge in [0.05, 0.1) is 9.92 Å². The average Bonchev–Trinajstić information content (AvgIpc) is 2.73. The molecule has 0 spiro atoms. The van der Waals surface area contributed by atoms with Crippen LogP contribution < -0.4 is 20.3 Å². The van der Waals surface area contributed by atoms with Gasteiger partial charge in [-0.2, -0.15) is 0 Å². The van der Waals surface area contributed by atoms with E-state index in [1.165, 1.54) is 29.2 Å². The Bertz CT molecular complexity index is 1010. The maximum atomic E-state index is 14.8. The lowest BCUT2D eigenvalue weighted by molar-refractivity contribution is 0.144. The number of hydrazine groups is 1. The second-order valence-electron chi connectivity index (χ2n) is 6.73. The minimum absolute atomic E-state index is 0.0556. The monoisotopic (exact) mass is 456 g/mol. The third-order valence-electron chi connectivity index (χ3n) is 4.51. The Labute approximate surface area is 179 Å². The SMILES string of the molecule is Cc1ccc(S(=O)(=O)NNCc2ccc(Cl)c(OC(=O)N3CCNCC3)c2F)cc1. The highest BCUT2D eigenvalue weighted by molar-refractivity contribution is 7.89. The average molecular weight is 457 g/mol. The number of amides is 1. The van der Waals surface area contributed by atoms with Crippen molar-refractivity contribution >= 4 is 27.7 Å². The molecule has 1 amide bonds. The second kappa shape index (κ2) is 9.71. The van der Waals surface area contributed by atoms with Crippen molar-refractivity contribution in [3.63, 3.8) is 0 Å². The molecule has 30 heavy (non-hydrogen) atoms. The van der Waals surface area contributed by atoms with Crippen molar-refractivity contribution in [2.24, 2.45) is 0 Å². The predicted molar refractivity (Wildman–Crippen MR) is 110 cm³/mol. The first-order valence-electron chi connectivity index (χ1n) is 9.23. The molecule has 0 bridgehead atoms. The molecule has 3 N–H and O–H groups in total. The van der Waals surface area contributed by atoms with Crippen molar-refractivity contribution in [1.82, 2.24) is 20.5 Å². The molecule has 0 atom stereocenters. The Morgan fingerprint density at radius 1 is 1.20 bits per heavy atom. The van der Waals surface area contributed by atoms with Gasteiger partial charge in [0.25, 0.3) is 10.0 Å². The van der Waals surface area contributed by atoms with Crippen LogP contribution in [0.5, 0.6) is 5.75 Å². The van der Waals surface area contributed by atoms with Gasteiger partial charge in [0.1, 0.15) is 0 Å². The molecular formula is C19H22ClFN4O4S. The predicted octanol–water partition coefficient (Wildman–Crippen LogP) is 2.17. The molecule has 1 fully saturated rings. The molecule has 1 saturated heterocycles. The van der Waals surface area contributed by atoms with Gasteiger partial charge in [0.15, 0.2) is 11.6 Å². The molecule has 0 aromatic heterocycles. The Balaban J connectivity index is 1.66. The maximum Gasteiger partial charge on any atom is 0.415 e. The van der Waals surface area contributed by atoms with Gasteiger partial charge < -0.3 is 15.0 Å². The van der Waals surface area contributed by atoms with Crippen molar-refractivity contribution < 1.29 is 22.3 Å². The molecule has 162 valence electrons. The molecule has 0 saturated carbocycles. The fraction of sp³-hybridized carbons (Fsp3) is 0.316. The van der Waals surface area contributed by atoms with E-state index in [4.69, 9.17) is 16.3 Å². The van der Waals surface area contributed by atoms with Crippen molar-refractivity contribution in [2.75, 3.05) is 26.2 Å². The van der Waals surface area contributed by atoms with E-state index in [0.29, 0.717) is 26.2 Å². The topological polar surface area (TPSA) is 99.8 Å². The van der Waals surface area contributed by atoms with Crippen LogP contribution in [0.25, 0.3) is 0 Å². The number of piperazine rings is 1. The second-order valence-corrected chi connectivity index (χ2v) is 8.82. The summed E-state index contributed by atoms with van der Waals surface area (Å²) in [4.78, 5) is 16.0. The molecule has 0 radical (unpaired) electrons. The third-order valence-corrected chi connectivity index (χ3v) is 6.11. The molecular weight excluding hydrogens is 435 g/mol. The number of nitrogens with one attached hydrogen (secondary N) is 3. The first-order chi connectivity index (χ1) is 14.3. The maximum absolute atomic E-state index is 14.8. The van der Waals surface area contributed by atoms with Gasteiger partial charge in [-0.1, -0.05) is 35.4 Å². The Morgan fingerprint density at radius 3 is 2.53 bits per heavy atom. The number of carbonyl (C=O) groups is 1. The molecule has 0 aliphatic carbocycles. The summed E-state index contributed by atoms with van der Waals surface area (Å²) in [5.74, 6) is -1.23. The van der Waals surface area contributed by atoms with Crippen molar-refractivity contribution in [2.45, 2.75) is 18.4 Å². The van der Waals surface area contributed by atoms with Gasteiger partial charge in [-0.15, -0.1) is 4.83 Å². The summed E-state index contributed by atoms with van der Waals surface area (Å²) in [5.41, 5.74) is 3.48. The highest BCUT2D eigenvalue weighted by Gasteiger charge is 2.23. The van der Waals surface area contributed by atoms with E-state index in [9.17, 15) is 17.6 Å². The molecule has 8 nitrogen and oxygen atoms in total. The number of nitrogens with zero attached hydrogens (tertiary/aromatic N) is 1. The number of sulfonamides is 1. The van der Waals surface area contributed by atoms with Crippen LogP contribution in [-0.2, 0) is 16.6 Å². The van der Waals surface area contributed by atoms with Crippen LogP contribution in [0.3, 0.4) is 0 Å². The van der Waals surface area contributed by atoms with E-state index in [-0.39, 0.29) is 27.8 Å². The quantitative estimate of drug-likeness (QED) is 0.576. The highest BCUT2D eigenvalue weighted by Crippen LogP contribution is 2.30. The number of halogens is 2. The summed E-state index contributed by atoms with van der Waals surface area (Å²) in [6, 6.07) is 9.05. The molecule has 1 aliphatic heterocycles. The molecule has 2 aromatic carbocycles. The van der Waals surface area contributed by atoms with E-state index in [0.717, 1.165) is 5.56 Å². The zero-order valence-electron chi connectivity index (χ0n) is 16.2. The van der Waals surface area contributed by atoms with Crippen LogP contribution in [0.15, 0.2) is 41.3 Å². The van der Waals surface area contributed by atoms with Crippen LogP contribution >= 0.6 is 11.6 Å². The lowest BCUT2D eigenvalue weighted by atomic mass is 10.2. The Kier molecular flexibility index (Phi) is 7.27. The first-order valence-corrected chi connectivity index (χ1v) is 11.1. The molecule has 1 heterocycles. The Hall–Kier alpha value is -2.24. The number of aryl methyl sites for hydroxylation is 1. The number of rotatable bonds is 6. The van der Waals surface area contributed by atoms with E-state index >= 15 is 0 Å². The summed E-state index contributed by atoms with van der Waals surface area (Å²) in [6.45, 7) is 3.79. The fourth-order valence-electron chi connectivity index (χ4n) is 2.81. The molecule has 3 rings (SSSR count). The van der Waals surface area contributed by atoms with Gasteiger partial charge in [0, 0.05) is 38.3 Å². The third kappa shape index (κ3) is 5.46. The summed E-state index contributed by atoms with van der Waals surface area (Å²) < 4.78 is 44.6. The fourth-order valence-corrected chi connectivity index (χ4v) is 3.86. The van der Waals surface area contributed by atoms with E-state index in [1.807, 2.05) is 6.92 Å². The summed E-state index contributed by atoms with van der Waals surface area (Å²) in [7, 11) is -3.82. The molecule has 0 unspecified atom stereocenters. The van der Waals surface area contributed by atoms with Crippen LogP contribution in [-0.4, -0.2) is 45.6 Å². The number of hydrogen-bond acceptors (Lipinski definition) is 6.